The van der Waals surface area contributed by atoms with Crippen molar-refractivity contribution in [2.24, 2.45) is 0 Å². The third-order valence-electron chi connectivity index (χ3n) is 12.7. The summed E-state index contributed by atoms with van der Waals surface area (Å²) in [7, 11) is 6.59. The zero-order valence-corrected chi connectivity index (χ0v) is 46.6. The highest BCUT2D eigenvalue weighted by molar-refractivity contribution is 6.36. The number of benzene rings is 2. The second-order valence-electron chi connectivity index (χ2n) is 17.9. The van der Waals surface area contributed by atoms with E-state index < -0.39 is 0 Å². The summed E-state index contributed by atoms with van der Waals surface area (Å²) in [6, 6.07) is 23.5. The number of hydrogen-bond donors (Lipinski definition) is 0. The summed E-state index contributed by atoms with van der Waals surface area (Å²) in [5, 5.41) is 2.88. The highest BCUT2D eigenvalue weighted by Gasteiger charge is 2.25. The van der Waals surface area contributed by atoms with Crippen LogP contribution in [-0.2, 0) is 82.8 Å². The Bertz CT molecular complexity index is 2820. The van der Waals surface area contributed by atoms with E-state index in [0.717, 1.165) is 55.5 Å². The number of ether oxygens (including phenoxy) is 12. The second kappa shape index (κ2) is 31.7. The minimum Gasteiger partial charge on any atom is -0.458 e. The monoisotopic (exact) mass is 1120 g/mol. The molecule has 0 atom stereocenters. The van der Waals surface area contributed by atoms with Gasteiger partial charge in [0.2, 0.25) is 0 Å². The fraction of sp³-hybridized carbons (Fsp3) is 0.483. The number of aromatic nitrogens is 2. The fourth-order valence-corrected chi connectivity index (χ4v) is 9.38. The van der Waals surface area contributed by atoms with Crippen LogP contribution in [0.2, 0.25) is 10.0 Å². The lowest BCUT2D eigenvalue weighted by Crippen LogP contribution is -2.11. The van der Waals surface area contributed by atoms with Gasteiger partial charge in [0.1, 0.15) is 23.0 Å². The summed E-state index contributed by atoms with van der Waals surface area (Å²) < 4.78 is 96.5. The van der Waals surface area contributed by atoms with Crippen LogP contribution in [0.25, 0.3) is 78.5 Å². The Labute approximate surface area is 464 Å². The quantitative estimate of drug-likeness (QED) is 0.0332. The normalized spacial score (nSPS) is 12.0. The largest absolute Gasteiger partial charge is 0.458 e. The molecular formula is C58H72Cl2N2O16. The average Bonchev–Trinajstić information content (AvgIpc) is 3.80. The molecule has 8 aromatic rings. The van der Waals surface area contributed by atoms with Gasteiger partial charge in [-0.15, -0.1) is 0 Å². The smallest absolute Gasteiger partial charge is 0.170 e. The molecular weight excluding hydrogens is 1050 g/mol. The van der Waals surface area contributed by atoms with Gasteiger partial charge in [0.05, 0.1) is 164 Å². The van der Waals surface area contributed by atoms with Gasteiger partial charge in [-0.1, -0.05) is 23.2 Å². The molecule has 0 aliphatic carbocycles. The summed E-state index contributed by atoms with van der Waals surface area (Å²) in [5.41, 5.74) is 5.21. The van der Waals surface area contributed by atoms with Crippen LogP contribution in [-0.4, -0.2) is 170 Å². The lowest BCUT2D eigenvalue weighted by atomic mass is 10.1. The van der Waals surface area contributed by atoms with E-state index in [0.29, 0.717) is 203 Å². The maximum Gasteiger partial charge on any atom is 0.170 e. The van der Waals surface area contributed by atoms with Gasteiger partial charge in [-0.3, -0.25) is 0 Å². The summed E-state index contributed by atoms with van der Waals surface area (Å²) in [6.45, 7) is 10.6. The van der Waals surface area contributed by atoms with Gasteiger partial charge in [-0.2, -0.15) is 0 Å². The maximum atomic E-state index is 7.33. The Hall–Kier alpha value is -5.00. The molecule has 0 unspecified atom stereocenters. The van der Waals surface area contributed by atoms with E-state index in [-0.39, 0.29) is 0 Å². The minimum atomic E-state index is 0.398. The van der Waals surface area contributed by atoms with Crippen molar-refractivity contribution in [1.29, 1.82) is 0 Å². The van der Waals surface area contributed by atoms with Gasteiger partial charge in [0.25, 0.3) is 0 Å². The van der Waals surface area contributed by atoms with Crippen LogP contribution in [0, 0.1) is 0 Å². The number of rotatable bonds is 40. The number of hydrogen-bond acceptors (Lipinski definition) is 16. The van der Waals surface area contributed by atoms with Crippen molar-refractivity contribution >= 4 is 56.0 Å². The Morgan fingerprint density at radius 3 is 0.987 bits per heavy atom. The summed E-state index contributed by atoms with van der Waals surface area (Å²) >= 11 is 14.7. The second-order valence-corrected chi connectivity index (χ2v) is 18.7. The van der Waals surface area contributed by atoms with Gasteiger partial charge < -0.3 is 83.6 Å². The molecule has 6 aromatic heterocycles. The Morgan fingerprint density at radius 1 is 0.333 bits per heavy atom. The van der Waals surface area contributed by atoms with E-state index in [1.165, 1.54) is 0 Å². The van der Waals surface area contributed by atoms with Crippen molar-refractivity contribution in [3.63, 3.8) is 0 Å². The van der Waals surface area contributed by atoms with E-state index in [9.17, 15) is 0 Å². The summed E-state index contributed by atoms with van der Waals surface area (Å²) in [6.07, 6.45) is 1.20. The lowest BCUT2D eigenvalue weighted by Gasteiger charge is -2.12. The lowest BCUT2D eigenvalue weighted by molar-refractivity contribution is 0.0233. The number of furan rings is 4. The van der Waals surface area contributed by atoms with Crippen molar-refractivity contribution < 1.29 is 74.5 Å². The van der Waals surface area contributed by atoms with E-state index in [4.69, 9.17) is 97.7 Å². The first kappa shape index (κ1) is 59.1. The zero-order chi connectivity index (χ0) is 54.3. The summed E-state index contributed by atoms with van der Waals surface area (Å²) in [5.74, 6) is 5.08. The molecule has 424 valence electrons. The standard InChI is InChI=1S/C58H72Cl2N2O16/c1-63-21-25-71-33-29-67-17-13-41-5-7-53(75-41)55-11-9-51(77-55)43-39-49-45(37-47(43)59)57-58(61(49)15-19-69-31-35-73-27-23-65-3)46-38-48(60)44(40-50(46)62(57)16-20-70-32-36-74-28-24-66-4)52-10-12-56(78-52)54-8-6-42(76-54)14-18-68-30-34-72-26-22-64-2/h5-12,37-40H,13-36H2,1-4H3. The van der Waals surface area contributed by atoms with Crippen LogP contribution in [0.1, 0.15) is 11.5 Å². The first-order valence-corrected chi connectivity index (χ1v) is 27.1. The zero-order valence-electron chi connectivity index (χ0n) is 45.1. The van der Waals surface area contributed by atoms with Crippen molar-refractivity contribution in [1.82, 2.24) is 9.13 Å². The van der Waals surface area contributed by atoms with E-state index >= 15 is 0 Å². The molecule has 0 spiro atoms. The first-order valence-electron chi connectivity index (χ1n) is 26.4. The van der Waals surface area contributed by atoms with Gasteiger partial charge in [-0.05, 0) is 72.8 Å². The third kappa shape index (κ3) is 16.1. The highest BCUT2D eigenvalue weighted by atomic mass is 35.5. The number of nitrogens with zero attached hydrogens (tertiary/aromatic N) is 2. The molecule has 0 amide bonds. The molecule has 8 rings (SSSR count). The highest BCUT2D eigenvalue weighted by Crippen LogP contribution is 2.45. The number of methoxy groups -OCH3 is 4. The van der Waals surface area contributed by atoms with Gasteiger partial charge >= 0.3 is 0 Å². The third-order valence-corrected chi connectivity index (χ3v) is 13.3. The predicted molar refractivity (Wildman–Crippen MR) is 297 cm³/mol. The van der Waals surface area contributed by atoms with Crippen molar-refractivity contribution in [2.75, 3.05) is 161 Å². The van der Waals surface area contributed by atoms with Gasteiger partial charge in [0.15, 0.2) is 23.0 Å². The first-order chi connectivity index (χ1) is 38.4. The van der Waals surface area contributed by atoms with Crippen LogP contribution in [0.15, 0.2) is 90.5 Å². The van der Waals surface area contributed by atoms with Crippen molar-refractivity contribution in [3.8, 4) is 45.7 Å². The van der Waals surface area contributed by atoms with E-state index in [1.54, 1.807) is 28.4 Å². The van der Waals surface area contributed by atoms with Gasteiger partial charge in [-0.25, -0.2) is 0 Å². The number of fused-ring (bicyclic) bond motifs is 5. The average molecular weight is 1120 g/mol. The molecule has 20 heteroatoms. The van der Waals surface area contributed by atoms with Crippen LogP contribution in [0.4, 0.5) is 0 Å². The molecule has 6 heterocycles. The predicted octanol–water partition coefficient (Wildman–Crippen LogP) is 10.9. The van der Waals surface area contributed by atoms with Crippen LogP contribution >= 0.6 is 23.2 Å². The molecule has 18 nitrogen and oxygen atoms in total. The van der Waals surface area contributed by atoms with Crippen molar-refractivity contribution in [2.45, 2.75) is 25.9 Å². The Balaban J connectivity index is 1.09. The van der Waals surface area contributed by atoms with Crippen LogP contribution < -0.4 is 0 Å². The van der Waals surface area contributed by atoms with E-state index in [1.807, 2.05) is 60.7 Å². The fourth-order valence-electron chi connectivity index (χ4n) is 8.87. The van der Waals surface area contributed by atoms with Crippen LogP contribution in [0.5, 0.6) is 0 Å². The number of halogens is 2. The summed E-state index contributed by atoms with van der Waals surface area (Å²) in [4.78, 5) is 0. The molecule has 0 N–H and O–H groups in total. The topological polar surface area (TPSA) is 173 Å². The molecule has 0 aliphatic rings. The molecule has 2 aromatic carbocycles. The van der Waals surface area contributed by atoms with E-state index in [2.05, 4.69) is 21.3 Å². The van der Waals surface area contributed by atoms with Gasteiger partial charge in [0, 0.05) is 76.3 Å². The SMILES string of the molecule is COCCOCCOCCc1ccc(-c2ccc(-c3cc4c(cc3Cl)c3c(c5cc(Cl)c(-c6ccc(-c7ccc(CCOCCOCCOC)o7)o6)cc5n3CCOCCOCCOC)n4CCOCCOCCOC)o2)o1. The molecule has 0 radical (unpaired) electrons. The maximum absolute atomic E-state index is 7.33. The minimum absolute atomic E-state index is 0.398. The Kier molecular flexibility index (Phi) is 24.0. The molecule has 0 aliphatic heterocycles. The molecule has 0 fully saturated rings. The molecule has 0 saturated carbocycles. The molecule has 0 saturated heterocycles. The Morgan fingerprint density at radius 2 is 0.628 bits per heavy atom. The molecule has 78 heavy (non-hydrogen) atoms. The van der Waals surface area contributed by atoms with Crippen LogP contribution in [0.3, 0.4) is 0 Å². The molecule has 0 bridgehead atoms. The van der Waals surface area contributed by atoms with Crippen molar-refractivity contribution in [3.05, 3.63) is 94.4 Å².